The van der Waals surface area contributed by atoms with Crippen molar-refractivity contribution in [3.05, 3.63) is 18.0 Å². The lowest BCUT2D eigenvalue weighted by Gasteiger charge is -2.36. The molecule has 4 heteroatoms. The van der Waals surface area contributed by atoms with Gasteiger partial charge >= 0.3 is 0 Å². The molecule has 0 aromatic carbocycles. The maximum atomic E-state index is 4.36. The lowest BCUT2D eigenvalue weighted by atomic mass is 9.88. The van der Waals surface area contributed by atoms with Gasteiger partial charge in [0.25, 0.3) is 0 Å². The van der Waals surface area contributed by atoms with Gasteiger partial charge in [0.15, 0.2) is 0 Å². The Hall–Kier alpha value is -0.870. The minimum absolute atomic E-state index is 0.655. The largest absolute Gasteiger partial charge is 0.309 e. The summed E-state index contributed by atoms with van der Waals surface area (Å²) < 4.78 is 2.01. The molecule has 1 aliphatic heterocycles. The summed E-state index contributed by atoms with van der Waals surface area (Å²) in [6.45, 7) is 7.93. The van der Waals surface area contributed by atoms with Crippen molar-refractivity contribution in [1.29, 1.82) is 0 Å². The molecule has 1 saturated heterocycles. The Kier molecular flexibility index (Phi) is 5.90. The first kappa shape index (κ1) is 16.0. The Balaban J connectivity index is 1.41. The molecule has 1 atom stereocenters. The van der Waals surface area contributed by atoms with Gasteiger partial charge in [-0.25, -0.2) is 0 Å². The number of aromatic nitrogens is 2. The van der Waals surface area contributed by atoms with Crippen molar-refractivity contribution in [2.24, 2.45) is 5.92 Å². The first-order valence-electron chi connectivity index (χ1n) is 9.30. The van der Waals surface area contributed by atoms with Crippen molar-refractivity contribution in [3.63, 3.8) is 0 Å². The Morgan fingerprint density at radius 1 is 1.18 bits per heavy atom. The fourth-order valence-electron chi connectivity index (χ4n) is 4.06. The molecule has 2 aliphatic rings. The third kappa shape index (κ3) is 4.56. The van der Waals surface area contributed by atoms with Crippen LogP contribution in [0.1, 0.15) is 57.4 Å². The van der Waals surface area contributed by atoms with E-state index in [2.05, 4.69) is 28.4 Å². The summed E-state index contributed by atoms with van der Waals surface area (Å²) in [6.07, 6.45) is 14.1. The molecule has 0 spiro atoms. The summed E-state index contributed by atoms with van der Waals surface area (Å²) in [5.74, 6) is 0.968. The molecule has 0 bridgehead atoms. The van der Waals surface area contributed by atoms with Crippen LogP contribution < -0.4 is 5.32 Å². The number of nitrogens with one attached hydrogen (secondary N) is 1. The molecule has 1 N–H and O–H groups in total. The number of piperidine rings is 1. The lowest BCUT2D eigenvalue weighted by molar-refractivity contribution is 0.149. The third-order valence-corrected chi connectivity index (χ3v) is 5.35. The van der Waals surface area contributed by atoms with Gasteiger partial charge in [-0.1, -0.05) is 19.3 Å². The van der Waals surface area contributed by atoms with Crippen LogP contribution >= 0.6 is 0 Å². The average Bonchev–Trinajstić information content (AvgIpc) is 3.02. The average molecular weight is 304 g/mol. The van der Waals surface area contributed by atoms with E-state index in [0.717, 1.165) is 19.0 Å². The number of hydrogen-bond acceptors (Lipinski definition) is 3. The van der Waals surface area contributed by atoms with Gasteiger partial charge in [0.1, 0.15) is 0 Å². The molecule has 1 unspecified atom stereocenters. The van der Waals surface area contributed by atoms with E-state index in [1.54, 1.807) is 0 Å². The van der Waals surface area contributed by atoms with Gasteiger partial charge < -0.3 is 10.2 Å². The molecule has 1 aliphatic carbocycles. The predicted octanol–water partition coefficient (Wildman–Crippen LogP) is 3.04. The molecule has 4 nitrogen and oxygen atoms in total. The number of rotatable bonds is 6. The molecule has 2 fully saturated rings. The quantitative estimate of drug-likeness (QED) is 0.877. The number of nitrogens with zero attached hydrogens (tertiary/aromatic N) is 3. The van der Waals surface area contributed by atoms with Gasteiger partial charge in [0.2, 0.25) is 0 Å². The van der Waals surface area contributed by atoms with Crippen LogP contribution in [-0.4, -0.2) is 40.4 Å². The van der Waals surface area contributed by atoms with Crippen molar-refractivity contribution in [3.8, 4) is 0 Å². The van der Waals surface area contributed by atoms with Crippen molar-refractivity contribution in [2.45, 2.75) is 71.0 Å². The van der Waals surface area contributed by atoms with Crippen LogP contribution in [0.15, 0.2) is 12.4 Å². The lowest BCUT2D eigenvalue weighted by Crippen LogP contribution is -2.47. The number of hydrogen-bond donors (Lipinski definition) is 1. The molecule has 2 heterocycles. The zero-order valence-corrected chi connectivity index (χ0v) is 14.1. The van der Waals surface area contributed by atoms with Crippen LogP contribution in [0.3, 0.4) is 0 Å². The maximum Gasteiger partial charge on any atom is 0.0534 e. The van der Waals surface area contributed by atoms with E-state index in [4.69, 9.17) is 0 Å². The number of likely N-dealkylation sites (tertiary alicyclic amines) is 1. The summed E-state index contributed by atoms with van der Waals surface area (Å²) >= 11 is 0. The van der Waals surface area contributed by atoms with Gasteiger partial charge in [0.05, 0.1) is 6.20 Å². The molecule has 3 rings (SSSR count). The second-order valence-corrected chi connectivity index (χ2v) is 7.19. The van der Waals surface area contributed by atoms with E-state index in [-0.39, 0.29) is 0 Å². The molecule has 0 radical (unpaired) electrons. The molecule has 22 heavy (non-hydrogen) atoms. The maximum absolute atomic E-state index is 4.36. The second-order valence-electron chi connectivity index (χ2n) is 7.19. The molecule has 124 valence electrons. The summed E-state index contributed by atoms with van der Waals surface area (Å²) in [7, 11) is 0. The smallest absolute Gasteiger partial charge is 0.0534 e. The normalized spacial score (nSPS) is 24.7. The Morgan fingerprint density at radius 2 is 2.05 bits per heavy atom. The predicted molar refractivity (Wildman–Crippen MR) is 90.8 cm³/mol. The van der Waals surface area contributed by atoms with Crippen LogP contribution in [0.2, 0.25) is 0 Å². The van der Waals surface area contributed by atoms with Crippen molar-refractivity contribution in [1.82, 2.24) is 20.0 Å². The number of aryl methyl sites for hydroxylation is 1. The highest BCUT2D eigenvalue weighted by Crippen LogP contribution is 2.25. The molecule has 1 saturated carbocycles. The summed E-state index contributed by atoms with van der Waals surface area (Å²) in [5, 5.41) is 8.10. The second kappa shape index (κ2) is 8.11. The zero-order valence-electron chi connectivity index (χ0n) is 14.1. The van der Waals surface area contributed by atoms with Crippen LogP contribution in [0.4, 0.5) is 0 Å². The van der Waals surface area contributed by atoms with E-state index in [1.807, 2.05) is 10.9 Å². The topological polar surface area (TPSA) is 33.1 Å². The van der Waals surface area contributed by atoms with Crippen LogP contribution in [0, 0.1) is 5.92 Å². The van der Waals surface area contributed by atoms with Crippen molar-refractivity contribution in [2.75, 3.05) is 19.6 Å². The highest BCUT2D eigenvalue weighted by molar-refractivity contribution is 5.03. The first-order chi connectivity index (χ1) is 10.8. The van der Waals surface area contributed by atoms with Gasteiger partial charge in [-0.15, -0.1) is 0 Å². The summed E-state index contributed by atoms with van der Waals surface area (Å²) in [6, 6.07) is 0.655. The Labute approximate surface area is 135 Å². The highest BCUT2D eigenvalue weighted by Gasteiger charge is 2.23. The first-order valence-corrected chi connectivity index (χ1v) is 9.30. The van der Waals surface area contributed by atoms with E-state index in [1.165, 1.54) is 70.1 Å². The minimum atomic E-state index is 0.655. The van der Waals surface area contributed by atoms with Gasteiger partial charge in [-0.05, 0) is 45.1 Å². The van der Waals surface area contributed by atoms with Crippen molar-refractivity contribution < 1.29 is 0 Å². The van der Waals surface area contributed by atoms with Crippen LogP contribution in [0.25, 0.3) is 0 Å². The van der Waals surface area contributed by atoms with Gasteiger partial charge in [-0.3, -0.25) is 4.68 Å². The highest BCUT2D eigenvalue weighted by atomic mass is 15.3. The summed E-state index contributed by atoms with van der Waals surface area (Å²) in [4.78, 5) is 2.71. The van der Waals surface area contributed by atoms with Crippen LogP contribution in [0.5, 0.6) is 0 Å². The monoisotopic (exact) mass is 304 g/mol. The van der Waals surface area contributed by atoms with Gasteiger partial charge in [0, 0.05) is 44.0 Å². The van der Waals surface area contributed by atoms with Gasteiger partial charge in [-0.2, -0.15) is 5.10 Å². The molecule has 1 aromatic rings. The van der Waals surface area contributed by atoms with E-state index < -0.39 is 0 Å². The summed E-state index contributed by atoms with van der Waals surface area (Å²) in [5.41, 5.74) is 1.31. The van der Waals surface area contributed by atoms with Crippen molar-refractivity contribution >= 4 is 0 Å². The van der Waals surface area contributed by atoms with Crippen LogP contribution in [-0.2, 0) is 13.1 Å². The van der Waals surface area contributed by atoms with E-state index >= 15 is 0 Å². The third-order valence-electron chi connectivity index (χ3n) is 5.35. The molecule has 1 aromatic heterocycles. The minimum Gasteiger partial charge on any atom is -0.309 e. The molecule has 0 amide bonds. The van der Waals surface area contributed by atoms with E-state index in [9.17, 15) is 0 Å². The zero-order chi connectivity index (χ0) is 15.2. The van der Waals surface area contributed by atoms with E-state index in [0.29, 0.717) is 6.04 Å². The SMILES string of the molecule is CCn1cc(CNC2CCCN(CC3CCCCC3)C2)cn1. The standard InChI is InChI=1S/C18H32N4/c1-2-22-14-17(12-20-22)11-19-18-9-6-10-21(15-18)13-16-7-4-3-5-8-16/h12,14,16,18-19H,2-11,13,15H2,1H3. The Morgan fingerprint density at radius 3 is 2.82 bits per heavy atom. The molecular formula is C18H32N4. The fourth-order valence-corrected chi connectivity index (χ4v) is 4.06. The molecular weight excluding hydrogens is 272 g/mol. The fraction of sp³-hybridized carbons (Fsp3) is 0.833. The Bertz CT molecular complexity index is 436.